The van der Waals surface area contributed by atoms with Gasteiger partial charge in [-0.15, -0.1) is 0 Å². The first kappa shape index (κ1) is 13.8. The van der Waals surface area contributed by atoms with E-state index in [1.807, 2.05) is 24.3 Å². The first-order valence-electron chi connectivity index (χ1n) is 6.65. The number of likely N-dealkylation sites (N-methyl/N-ethyl adjacent to an activating group) is 1. The van der Waals surface area contributed by atoms with Crippen molar-refractivity contribution in [3.8, 4) is 0 Å². The lowest BCUT2D eigenvalue weighted by atomic mass is 9.92. The van der Waals surface area contributed by atoms with Crippen LogP contribution in [0, 0.1) is 0 Å². The molecule has 0 radical (unpaired) electrons. The fourth-order valence-electron chi connectivity index (χ4n) is 2.42. The van der Waals surface area contributed by atoms with Crippen molar-refractivity contribution in [2.24, 2.45) is 5.73 Å². The highest BCUT2D eigenvalue weighted by molar-refractivity contribution is 5.23. The Morgan fingerprint density at radius 2 is 1.47 bits per heavy atom. The number of hydrogen-bond donors (Lipinski definition) is 1. The molecule has 0 aliphatic carbocycles. The minimum absolute atomic E-state index is 0.329. The van der Waals surface area contributed by atoms with Crippen LogP contribution in [0.25, 0.3) is 0 Å². The average molecular weight is 254 g/mol. The molecule has 0 saturated heterocycles. The molecule has 100 valence electrons. The Bertz CT molecular complexity index is 491. The van der Waals surface area contributed by atoms with E-state index < -0.39 is 0 Å². The smallest absolute Gasteiger partial charge is 0.0509 e. The predicted octanol–water partition coefficient (Wildman–Crippen LogP) is 2.99. The molecule has 2 aromatic rings. The maximum Gasteiger partial charge on any atom is 0.0509 e. The van der Waals surface area contributed by atoms with Crippen LogP contribution in [0.3, 0.4) is 0 Å². The summed E-state index contributed by atoms with van der Waals surface area (Å²) in [5, 5.41) is 0. The summed E-state index contributed by atoms with van der Waals surface area (Å²) in [6, 6.07) is 20.8. The van der Waals surface area contributed by atoms with Crippen LogP contribution in [-0.4, -0.2) is 18.5 Å². The Hall–Kier alpha value is -1.64. The molecule has 2 rings (SSSR count). The van der Waals surface area contributed by atoms with Crippen LogP contribution < -0.4 is 5.73 Å². The Balaban J connectivity index is 2.00. The Kier molecular flexibility index (Phi) is 4.35. The molecule has 2 aromatic carbocycles. The zero-order valence-electron chi connectivity index (χ0n) is 11.7. The lowest BCUT2D eigenvalue weighted by Gasteiger charge is -2.30. The van der Waals surface area contributed by atoms with Gasteiger partial charge in [0.05, 0.1) is 5.54 Å². The third-order valence-electron chi connectivity index (χ3n) is 3.33. The molecule has 0 fully saturated rings. The summed E-state index contributed by atoms with van der Waals surface area (Å²) in [6.07, 6.45) is 0. The van der Waals surface area contributed by atoms with Crippen LogP contribution in [0.1, 0.15) is 18.1 Å². The van der Waals surface area contributed by atoms with E-state index in [0.29, 0.717) is 0 Å². The van der Waals surface area contributed by atoms with Gasteiger partial charge in [-0.25, -0.2) is 0 Å². The van der Waals surface area contributed by atoms with Crippen molar-refractivity contribution >= 4 is 0 Å². The zero-order chi connectivity index (χ0) is 13.7. The van der Waals surface area contributed by atoms with Crippen molar-refractivity contribution in [1.82, 2.24) is 4.90 Å². The van der Waals surface area contributed by atoms with Crippen molar-refractivity contribution in [3.63, 3.8) is 0 Å². The van der Waals surface area contributed by atoms with E-state index in [2.05, 4.69) is 55.3 Å². The van der Waals surface area contributed by atoms with Crippen LogP contribution >= 0.6 is 0 Å². The third-order valence-corrected chi connectivity index (χ3v) is 3.33. The molecule has 2 nitrogen and oxygen atoms in total. The van der Waals surface area contributed by atoms with Gasteiger partial charge in [-0.3, -0.25) is 4.90 Å². The van der Waals surface area contributed by atoms with Crippen LogP contribution in [0.5, 0.6) is 0 Å². The number of nitrogens with two attached hydrogens (primary N) is 1. The fourth-order valence-corrected chi connectivity index (χ4v) is 2.42. The van der Waals surface area contributed by atoms with Crippen molar-refractivity contribution in [3.05, 3.63) is 71.8 Å². The van der Waals surface area contributed by atoms with E-state index in [1.54, 1.807) is 0 Å². The predicted molar refractivity (Wildman–Crippen MR) is 80.8 cm³/mol. The molecule has 0 aliphatic heterocycles. The molecule has 0 heterocycles. The van der Waals surface area contributed by atoms with E-state index in [9.17, 15) is 0 Å². The number of nitrogens with zero attached hydrogens (tertiary/aromatic N) is 1. The standard InChI is InChI=1S/C17H22N2/c1-17(18,16-11-7-4-8-12-16)14-19(2)13-15-9-5-3-6-10-15/h3-12H,13-14,18H2,1-2H3. The van der Waals surface area contributed by atoms with Crippen molar-refractivity contribution in [1.29, 1.82) is 0 Å². The first-order chi connectivity index (χ1) is 9.08. The molecule has 0 saturated carbocycles. The highest BCUT2D eigenvalue weighted by Gasteiger charge is 2.22. The molecule has 1 atom stereocenters. The van der Waals surface area contributed by atoms with Crippen molar-refractivity contribution in [2.75, 3.05) is 13.6 Å². The van der Waals surface area contributed by atoms with Gasteiger partial charge in [0.1, 0.15) is 0 Å². The van der Waals surface area contributed by atoms with E-state index in [4.69, 9.17) is 5.73 Å². The second kappa shape index (κ2) is 6.00. The van der Waals surface area contributed by atoms with Gasteiger partial charge in [0.25, 0.3) is 0 Å². The van der Waals surface area contributed by atoms with Gasteiger partial charge < -0.3 is 5.73 Å². The van der Waals surface area contributed by atoms with Gasteiger partial charge >= 0.3 is 0 Å². The summed E-state index contributed by atoms with van der Waals surface area (Å²) >= 11 is 0. The molecule has 1 unspecified atom stereocenters. The monoisotopic (exact) mass is 254 g/mol. The molecular weight excluding hydrogens is 232 g/mol. The molecule has 0 aliphatic rings. The van der Waals surface area contributed by atoms with Crippen LogP contribution in [-0.2, 0) is 12.1 Å². The Morgan fingerprint density at radius 1 is 0.947 bits per heavy atom. The summed E-state index contributed by atoms with van der Waals surface area (Å²) in [4.78, 5) is 2.27. The van der Waals surface area contributed by atoms with Crippen LogP contribution in [0.4, 0.5) is 0 Å². The molecule has 0 spiro atoms. The Morgan fingerprint density at radius 3 is 2.05 bits per heavy atom. The second-order valence-corrected chi connectivity index (χ2v) is 5.44. The van der Waals surface area contributed by atoms with E-state index >= 15 is 0 Å². The minimum Gasteiger partial charge on any atom is -0.321 e. The molecule has 19 heavy (non-hydrogen) atoms. The highest BCUT2D eigenvalue weighted by atomic mass is 15.1. The highest BCUT2D eigenvalue weighted by Crippen LogP contribution is 2.19. The molecule has 0 bridgehead atoms. The Labute approximate surface area is 115 Å². The minimum atomic E-state index is -0.329. The quantitative estimate of drug-likeness (QED) is 0.888. The van der Waals surface area contributed by atoms with Crippen molar-refractivity contribution < 1.29 is 0 Å². The number of rotatable bonds is 5. The fraction of sp³-hybridized carbons (Fsp3) is 0.294. The van der Waals surface area contributed by atoms with Gasteiger partial charge in [0.2, 0.25) is 0 Å². The summed E-state index contributed by atoms with van der Waals surface area (Å²) in [5.74, 6) is 0. The summed E-state index contributed by atoms with van der Waals surface area (Å²) in [6.45, 7) is 3.83. The SMILES string of the molecule is CN(Cc1ccccc1)CC(C)(N)c1ccccc1. The third kappa shape index (κ3) is 3.91. The van der Waals surface area contributed by atoms with Gasteiger partial charge in [-0.05, 0) is 25.1 Å². The van der Waals surface area contributed by atoms with E-state index in [1.165, 1.54) is 11.1 Å². The van der Waals surface area contributed by atoms with Gasteiger partial charge in [0.15, 0.2) is 0 Å². The number of hydrogen-bond acceptors (Lipinski definition) is 2. The topological polar surface area (TPSA) is 29.3 Å². The van der Waals surface area contributed by atoms with E-state index in [-0.39, 0.29) is 5.54 Å². The zero-order valence-corrected chi connectivity index (χ0v) is 11.7. The molecule has 0 amide bonds. The molecule has 2 N–H and O–H groups in total. The lowest BCUT2D eigenvalue weighted by Crippen LogP contribution is -2.43. The first-order valence-corrected chi connectivity index (χ1v) is 6.65. The van der Waals surface area contributed by atoms with Crippen LogP contribution in [0.2, 0.25) is 0 Å². The molecule has 0 aromatic heterocycles. The average Bonchev–Trinajstić information content (AvgIpc) is 2.40. The normalized spacial score (nSPS) is 14.3. The molecular formula is C17H22N2. The lowest BCUT2D eigenvalue weighted by molar-refractivity contribution is 0.253. The van der Waals surface area contributed by atoms with Gasteiger partial charge in [-0.1, -0.05) is 60.7 Å². The molecule has 2 heteroatoms. The maximum absolute atomic E-state index is 6.45. The van der Waals surface area contributed by atoms with Crippen LogP contribution in [0.15, 0.2) is 60.7 Å². The van der Waals surface area contributed by atoms with E-state index in [0.717, 1.165) is 13.1 Å². The van der Waals surface area contributed by atoms with Crippen molar-refractivity contribution in [2.45, 2.75) is 19.0 Å². The maximum atomic E-state index is 6.45. The largest absolute Gasteiger partial charge is 0.321 e. The second-order valence-electron chi connectivity index (χ2n) is 5.44. The summed E-state index contributed by atoms with van der Waals surface area (Å²) in [7, 11) is 2.11. The summed E-state index contributed by atoms with van der Waals surface area (Å²) < 4.78 is 0. The number of benzene rings is 2. The van der Waals surface area contributed by atoms with Gasteiger partial charge in [0, 0.05) is 13.1 Å². The summed E-state index contributed by atoms with van der Waals surface area (Å²) in [5.41, 5.74) is 8.61. The van der Waals surface area contributed by atoms with Gasteiger partial charge in [-0.2, -0.15) is 0 Å².